The number of nitrogens with zero attached hydrogens (tertiary/aromatic N) is 1. The normalized spacial score (nSPS) is 16.3. The van der Waals surface area contributed by atoms with Crippen molar-refractivity contribution in [1.29, 1.82) is 0 Å². The van der Waals surface area contributed by atoms with Crippen LogP contribution in [0, 0.1) is 25.2 Å². The van der Waals surface area contributed by atoms with Gasteiger partial charge in [0.05, 0.1) is 0 Å². The van der Waals surface area contributed by atoms with Crippen LogP contribution in [0.25, 0.3) is 0 Å². The Balaban J connectivity index is 1.94. The molecule has 1 aromatic rings. The first-order chi connectivity index (χ1) is 10.7. The number of hydrogen-bond acceptors (Lipinski definition) is 2. The second kappa shape index (κ2) is 6.73. The Morgan fingerprint density at radius 1 is 1.13 bits per heavy atom. The Labute approximate surface area is 139 Å². The first-order valence-electron chi connectivity index (χ1n) is 8.36. The lowest BCUT2D eigenvalue weighted by atomic mass is 9.90. The van der Waals surface area contributed by atoms with Crippen LogP contribution in [0.3, 0.4) is 0 Å². The molecule has 0 spiro atoms. The summed E-state index contributed by atoms with van der Waals surface area (Å²) in [5.41, 5.74) is 2.75. The van der Waals surface area contributed by atoms with Gasteiger partial charge in [-0.1, -0.05) is 32.9 Å². The molecule has 0 saturated carbocycles. The summed E-state index contributed by atoms with van der Waals surface area (Å²) in [6.45, 7) is 11.2. The maximum atomic E-state index is 12.5. The molecule has 1 heterocycles. The number of rotatable bonds is 2. The van der Waals surface area contributed by atoms with Crippen molar-refractivity contribution in [2.45, 2.75) is 47.5 Å². The van der Waals surface area contributed by atoms with Crippen molar-refractivity contribution in [3.8, 4) is 0 Å². The summed E-state index contributed by atoms with van der Waals surface area (Å²) in [5.74, 6) is 0.228. The second-order valence-electron chi connectivity index (χ2n) is 7.62. The fraction of sp³-hybridized carbons (Fsp3) is 0.579. The van der Waals surface area contributed by atoms with Crippen LogP contribution in [-0.2, 0) is 9.59 Å². The van der Waals surface area contributed by atoms with Crippen LogP contribution in [0.2, 0.25) is 0 Å². The maximum absolute atomic E-state index is 12.5. The molecule has 1 saturated heterocycles. The fourth-order valence-electron chi connectivity index (χ4n) is 2.92. The topological polar surface area (TPSA) is 49.4 Å². The van der Waals surface area contributed by atoms with Crippen molar-refractivity contribution in [3.63, 3.8) is 0 Å². The van der Waals surface area contributed by atoms with E-state index in [2.05, 4.69) is 5.32 Å². The summed E-state index contributed by atoms with van der Waals surface area (Å²) in [4.78, 5) is 26.7. The highest BCUT2D eigenvalue weighted by Crippen LogP contribution is 2.25. The van der Waals surface area contributed by atoms with Crippen molar-refractivity contribution >= 4 is 17.5 Å². The van der Waals surface area contributed by atoms with E-state index in [-0.39, 0.29) is 23.1 Å². The zero-order valence-electron chi connectivity index (χ0n) is 14.9. The van der Waals surface area contributed by atoms with Gasteiger partial charge < -0.3 is 10.2 Å². The van der Waals surface area contributed by atoms with Gasteiger partial charge in [-0.15, -0.1) is 0 Å². The molecule has 1 N–H and O–H groups in total. The van der Waals surface area contributed by atoms with Crippen LogP contribution in [0.5, 0.6) is 0 Å². The standard InChI is InChI=1S/C19H28N2O2/c1-13-6-7-14(2)16(12-13)20-17(22)15-8-10-21(11-9-15)18(23)19(3,4)5/h6-7,12,15H,8-11H2,1-5H3,(H,20,22). The molecule has 2 rings (SSSR count). The molecule has 1 aliphatic heterocycles. The molecular weight excluding hydrogens is 288 g/mol. The van der Waals surface area contributed by atoms with Crippen molar-refractivity contribution < 1.29 is 9.59 Å². The van der Waals surface area contributed by atoms with Crippen molar-refractivity contribution in [3.05, 3.63) is 29.3 Å². The molecule has 1 aromatic carbocycles. The summed E-state index contributed by atoms with van der Waals surface area (Å²) >= 11 is 0. The van der Waals surface area contributed by atoms with E-state index in [1.807, 2.05) is 57.7 Å². The average Bonchev–Trinajstić information content (AvgIpc) is 2.49. The number of nitrogens with one attached hydrogen (secondary N) is 1. The monoisotopic (exact) mass is 316 g/mol. The van der Waals surface area contributed by atoms with E-state index in [1.54, 1.807) is 0 Å². The smallest absolute Gasteiger partial charge is 0.227 e. The van der Waals surface area contributed by atoms with Gasteiger partial charge in [-0.2, -0.15) is 0 Å². The minimum atomic E-state index is -0.353. The predicted molar refractivity (Wildman–Crippen MR) is 93.3 cm³/mol. The van der Waals surface area contributed by atoms with Gasteiger partial charge >= 0.3 is 0 Å². The number of likely N-dealkylation sites (tertiary alicyclic amines) is 1. The molecule has 126 valence electrons. The third kappa shape index (κ3) is 4.34. The van der Waals surface area contributed by atoms with Crippen LogP contribution in [0.15, 0.2) is 18.2 Å². The number of carbonyl (C=O) groups excluding carboxylic acids is 2. The first-order valence-corrected chi connectivity index (χ1v) is 8.36. The molecule has 4 nitrogen and oxygen atoms in total. The third-order valence-electron chi connectivity index (χ3n) is 4.45. The minimum Gasteiger partial charge on any atom is -0.342 e. The number of hydrogen-bond donors (Lipinski definition) is 1. The van der Waals surface area contributed by atoms with Gasteiger partial charge in [0.1, 0.15) is 0 Å². The Morgan fingerprint density at radius 2 is 1.74 bits per heavy atom. The van der Waals surface area contributed by atoms with Crippen molar-refractivity contribution in [1.82, 2.24) is 4.90 Å². The predicted octanol–water partition coefficient (Wildman–Crippen LogP) is 3.53. The van der Waals surface area contributed by atoms with E-state index in [4.69, 9.17) is 0 Å². The average molecular weight is 316 g/mol. The summed E-state index contributed by atoms with van der Waals surface area (Å²) in [7, 11) is 0. The lowest BCUT2D eigenvalue weighted by Gasteiger charge is -2.35. The number of amides is 2. The molecule has 2 amide bonds. The van der Waals surface area contributed by atoms with E-state index in [0.717, 1.165) is 29.7 Å². The minimum absolute atomic E-state index is 0.0149. The Morgan fingerprint density at radius 3 is 2.30 bits per heavy atom. The largest absolute Gasteiger partial charge is 0.342 e. The molecule has 1 aliphatic rings. The van der Waals surface area contributed by atoms with Gasteiger partial charge in [0.15, 0.2) is 0 Å². The highest BCUT2D eigenvalue weighted by Gasteiger charge is 2.32. The molecule has 0 bridgehead atoms. The summed E-state index contributed by atoms with van der Waals surface area (Å²) in [6.07, 6.45) is 1.47. The van der Waals surface area contributed by atoms with Gasteiger partial charge in [-0.05, 0) is 43.9 Å². The maximum Gasteiger partial charge on any atom is 0.227 e. The molecular formula is C19H28N2O2. The van der Waals surface area contributed by atoms with Gasteiger partial charge in [-0.25, -0.2) is 0 Å². The van der Waals surface area contributed by atoms with Gasteiger partial charge in [0.25, 0.3) is 0 Å². The van der Waals surface area contributed by atoms with Crippen molar-refractivity contribution in [2.24, 2.45) is 11.3 Å². The highest BCUT2D eigenvalue weighted by atomic mass is 16.2. The third-order valence-corrected chi connectivity index (χ3v) is 4.45. The van der Waals surface area contributed by atoms with Crippen molar-refractivity contribution in [2.75, 3.05) is 18.4 Å². The summed E-state index contributed by atoms with van der Waals surface area (Å²) < 4.78 is 0. The Hall–Kier alpha value is -1.84. The molecule has 0 aliphatic carbocycles. The summed E-state index contributed by atoms with van der Waals surface area (Å²) in [5, 5.41) is 3.05. The van der Waals surface area contributed by atoms with Crippen LogP contribution >= 0.6 is 0 Å². The number of aryl methyl sites for hydroxylation is 2. The molecule has 0 atom stereocenters. The van der Waals surface area contributed by atoms with Crippen LogP contribution in [0.4, 0.5) is 5.69 Å². The molecule has 4 heteroatoms. The molecule has 1 fully saturated rings. The van der Waals surface area contributed by atoms with E-state index >= 15 is 0 Å². The SMILES string of the molecule is Cc1ccc(C)c(NC(=O)C2CCN(C(=O)C(C)(C)C)CC2)c1. The molecule has 23 heavy (non-hydrogen) atoms. The number of piperidine rings is 1. The number of anilines is 1. The van der Waals surface area contributed by atoms with E-state index in [0.29, 0.717) is 13.1 Å². The zero-order chi connectivity index (χ0) is 17.2. The van der Waals surface area contributed by atoms with E-state index < -0.39 is 0 Å². The quantitative estimate of drug-likeness (QED) is 0.907. The number of carbonyl (C=O) groups is 2. The molecule has 0 radical (unpaired) electrons. The molecule has 0 unspecified atom stereocenters. The van der Waals surface area contributed by atoms with Gasteiger partial charge in [0, 0.05) is 30.1 Å². The number of benzene rings is 1. The van der Waals surface area contributed by atoms with E-state index in [9.17, 15) is 9.59 Å². The molecule has 0 aromatic heterocycles. The van der Waals surface area contributed by atoms with Gasteiger partial charge in [-0.3, -0.25) is 9.59 Å². The van der Waals surface area contributed by atoms with Crippen LogP contribution in [-0.4, -0.2) is 29.8 Å². The Kier molecular flexibility index (Phi) is 5.12. The fourth-order valence-corrected chi connectivity index (χ4v) is 2.92. The lowest BCUT2D eigenvalue weighted by molar-refractivity contribution is -0.142. The second-order valence-corrected chi connectivity index (χ2v) is 7.62. The lowest BCUT2D eigenvalue weighted by Crippen LogP contribution is -2.45. The van der Waals surface area contributed by atoms with Gasteiger partial charge in [0.2, 0.25) is 11.8 Å². The zero-order valence-corrected chi connectivity index (χ0v) is 14.9. The first kappa shape index (κ1) is 17.5. The Bertz CT molecular complexity index is 594. The highest BCUT2D eigenvalue weighted by molar-refractivity contribution is 5.93. The van der Waals surface area contributed by atoms with E-state index in [1.165, 1.54) is 0 Å². The van der Waals surface area contributed by atoms with Crippen LogP contribution in [0.1, 0.15) is 44.7 Å². The summed E-state index contributed by atoms with van der Waals surface area (Å²) in [6, 6.07) is 6.07. The van der Waals surface area contributed by atoms with Crippen LogP contribution < -0.4 is 5.32 Å².